The second-order valence-electron chi connectivity index (χ2n) is 7.87. The highest BCUT2D eigenvalue weighted by atomic mass is 32.2. The first kappa shape index (κ1) is 26.2. The van der Waals surface area contributed by atoms with Gasteiger partial charge in [-0.3, -0.25) is 14.4 Å². The smallest absolute Gasteiger partial charge is 0.326 e. The number of thioether (sulfide) groups is 1. The van der Waals surface area contributed by atoms with Crippen LogP contribution >= 0.6 is 11.8 Å². The summed E-state index contributed by atoms with van der Waals surface area (Å²) in [4.78, 5) is 50.6. The van der Waals surface area contributed by atoms with Gasteiger partial charge in [-0.25, -0.2) is 4.79 Å². The van der Waals surface area contributed by atoms with Crippen molar-refractivity contribution in [3.8, 4) is 0 Å². The van der Waals surface area contributed by atoms with E-state index in [1.165, 1.54) is 11.8 Å². The zero-order valence-electron chi connectivity index (χ0n) is 18.0. The number of carbonyl (C=O) groups is 4. The lowest BCUT2D eigenvalue weighted by molar-refractivity contribution is -0.150. The fourth-order valence-corrected chi connectivity index (χ4v) is 3.76. The van der Waals surface area contributed by atoms with E-state index in [0.29, 0.717) is 25.0 Å². The van der Waals surface area contributed by atoms with Gasteiger partial charge in [-0.1, -0.05) is 13.8 Å². The average molecular weight is 447 g/mol. The maximum absolute atomic E-state index is 12.9. The van der Waals surface area contributed by atoms with Crippen LogP contribution in [0.3, 0.4) is 0 Å². The highest BCUT2D eigenvalue weighted by molar-refractivity contribution is 7.98. The molecule has 0 radical (unpaired) electrons. The molecule has 0 saturated carbocycles. The highest BCUT2D eigenvalue weighted by Crippen LogP contribution is 2.19. The Morgan fingerprint density at radius 2 is 1.73 bits per heavy atom. The summed E-state index contributed by atoms with van der Waals surface area (Å²) in [6.07, 6.45) is 1.96. The van der Waals surface area contributed by atoms with E-state index in [1.54, 1.807) is 25.6 Å². The average Bonchev–Trinajstić information content (AvgIpc) is 3.17. The Kier molecular flexibility index (Phi) is 10.6. The predicted octanol–water partition coefficient (Wildman–Crippen LogP) is -0.851. The van der Waals surface area contributed by atoms with Gasteiger partial charge in [-0.2, -0.15) is 11.8 Å². The summed E-state index contributed by atoms with van der Waals surface area (Å²) in [5.74, 6) is -2.49. The third-order valence-electron chi connectivity index (χ3n) is 5.08. The Morgan fingerprint density at radius 1 is 1.13 bits per heavy atom. The molecule has 3 amide bonds. The Labute approximate surface area is 181 Å². The number of carboxylic acids is 1. The number of nitrogens with two attached hydrogens (primary N) is 1. The summed E-state index contributed by atoms with van der Waals surface area (Å²) in [6.45, 7) is 5.05. The van der Waals surface area contributed by atoms with Gasteiger partial charge in [0.15, 0.2) is 0 Å². The molecule has 1 rings (SSSR count). The topological polar surface area (TPSA) is 162 Å². The van der Waals surface area contributed by atoms with E-state index in [0.717, 1.165) is 0 Å². The molecule has 0 aliphatic carbocycles. The van der Waals surface area contributed by atoms with Crippen LogP contribution in [0.15, 0.2) is 0 Å². The molecule has 1 aliphatic heterocycles. The second kappa shape index (κ2) is 12.1. The molecule has 0 aromatic rings. The molecule has 1 aliphatic rings. The molecule has 30 heavy (non-hydrogen) atoms. The van der Waals surface area contributed by atoms with Crippen LogP contribution in [0.25, 0.3) is 0 Å². The molecule has 0 aromatic carbocycles. The number of aliphatic hydroxyl groups is 1. The molecular formula is C19H34N4O6S. The lowest BCUT2D eigenvalue weighted by atomic mass is 10.0. The maximum Gasteiger partial charge on any atom is 0.326 e. The molecule has 6 N–H and O–H groups in total. The number of nitrogens with zero attached hydrogens (tertiary/aromatic N) is 1. The van der Waals surface area contributed by atoms with E-state index in [9.17, 15) is 29.4 Å². The normalized spacial score (nSPS) is 20.4. The standard InChI is InChI=1S/C19H34N4O6S/c1-10(2)14(21-16(25)12(20)7-9-30-4)17(26)22-15(11(3)24)18(27)23-8-5-6-13(23)19(28)29/h10-15,24H,5-9,20H2,1-4H3,(H,21,25)(H,22,26)(H,28,29)/t11-,12+,13+,14+,15+/m1/s1. The van der Waals surface area contributed by atoms with E-state index in [2.05, 4.69) is 10.6 Å². The summed E-state index contributed by atoms with van der Waals surface area (Å²) in [5.41, 5.74) is 5.86. The minimum atomic E-state index is -1.32. The Bertz CT molecular complexity index is 630. The van der Waals surface area contributed by atoms with Gasteiger partial charge in [0.2, 0.25) is 17.7 Å². The monoisotopic (exact) mass is 446 g/mol. The number of hydrogen-bond acceptors (Lipinski definition) is 7. The molecule has 0 unspecified atom stereocenters. The molecule has 10 nitrogen and oxygen atoms in total. The second-order valence-corrected chi connectivity index (χ2v) is 8.86. The van der Waals surface area contributed by atoms with Crippen LogP contribution in [0.1, 0.15) is 40.0 Å². The van der Waals surface area contributed by atoms with Gasteiger partial charge in [0.25, 0.3) is 0 Å². The van der Waals surface area contributed by atoms with Crippen LogP contribution in [0.5, 0.6) is 0 Å². The van der Waals surface area contributed by atoms with Crippen molar-refractivity contribution in [2.75, 3.05) is 18.6 Å². The van der Waals surface area contributed by atoms with Crippen molar-refractivity contribution >= 4 is 35.5 Å². The summed E-state index contributed by atoms with van der Waals surface area (Å²) in [7, 11) is 0. The number of carboxylic acid groups (broad SMARTS) is 1. The van der Waals surface area contributed by atoms with Crippen molar-refractivity contribution in [1.29, 1.82) is 0 Å². The van der Waals surface area contributed by atoms with Crippen LogP contribution in [0.2, 0.25) is 0 Å². The van der Waals surface area contributed by atoms with Gasteiger partial charge in [-0.15, -0.1) is 0 Å². The van der Waals surface area contributed by atoms with Gasteiger partial charge in [0, 0.05) is 6.54 Å². The van der Waals surface area contributed by atoms with Crippen molar-refractivity contribution in [2.24, 2.45) is 11.7 Å². The van der Waals surface area contributed by atoms with Gasteiger partial charge >= 0.3 is 5.97 Å². The number of nitrogens with one attached hydrogen (secondary N) is 2. The zero-order valence-corrected chi connectivity index (χ0v) is 18.8. The molecule has 1 fully saturated rings. The highest BCUT2D eigenvalue weighted by Gasteiger charge is 2.40. The van der Waals surface area contributed by atoms with E-state index in [-0.39, 0.29) is 12.5 Å². The molecule has 0 bridgehead atoms. The quantitative estimate of drug-likeness (QED) is 0.274. The lowest BCUT2D eigenvalue weighted by Gasteiger charge is -2.31. The van der Waals surface area contributed by atoms with Gasteiger partial charge in [0.05, 0.1) is 12.1 Å². The van der Waals surface area contributed by atoms with E-state index in [1.807, 2.05) is 6.26 Å². The summed E-state index contributed by atoms with van der Waals surface area (Å²) < 4.78 is 0. The number of aliphatic hydroxyl groups excluding tert-OH is 1. The van der Waals surface area contributed by atoms with Crippen LogP contribution in [-0.4, -0.2) is 87.6 Å². The van der Waals surface area contributed by atoms with Crippen molar-refractivity contribution in [1.82, 2.24) is 15.5 Å². The summed E-state index contributed by atoms with van der Waals surface area (Å²) >= 11 is 1.56. The third-order valence-corrected chi connectivity index (χ3v) is 5.73. The number of rotatable bonds is 11. The van der Waals surface area contributed by atoms with Crippen molar-refractivity contribution in [3.05, 3.63) is 0 Å². The Hall–Kier alpha value is -1.85. The van der Waals surface area contributed by atoms with Crippen LogP contribution < -0.4 is 16.4 Å². The molecular weight excluding hydrogens is 412 g/mol. The number of likely N-dealkylation sites (tertiary alicyclic amines) is 1. The van der Waals surface area contributed by atoms with Gasteiger partial charge < -0.3 is 31.5 Å². The largest absolute Gasteiger partial charge is 0.480 e. The number of carbonyl (C=O) groups excluding carboxylic acids is 3. The molecule has 172 valence electrons. The Morgan fingerprint density at radius 3 is 2.23 bits per heavy atom. The van der Waals surface area contributed by atoms with E-state index < -0.39 is 54.0 Å². The van der Waals surface area contributed by atoms with Crippen molar-refractivity contribution in [3.63, 3.8) is 0 Å². The molecule has 0 aromatic heterocycles. The molecule has 1 heterocycles. The number of aliphatic carboxylic acids is 1. The first-order valence-electron chi connectivity index (χ1n) is 10.1. The summed E-state index contributed by atoms with van der Waals surface area (Å²) in [6, 6.07) is -4.02. The minimum absolute atomic E-state index is 0.240. The van der Waals surface area contributed by atoms with Gasteiger partial charge in [0.1, 0.15) is 18.1 Å². The van der Waals surface area contributed by atoms with Crippen LogP contribution in [0.4, 0.5) is 0 Å². The fraction of sp³-hybridized carbons (Fsp3) is 0.789. The van der Waals surface area contributed by atoms with Gasteiger partial charge in [-0.05, 0) is 44.1 Å². The Balaban J connectivity index is 2.89. The zero-order chi connectivity index (χ0) is 23.0. The molecule has 1 saturated heterocycles. The van der Waals surface area contributed by atoms with Crippen LogP contribution in [-0.2, 0) is 19.2 Å². The van der Waals surface area contributed by atoms with Crippen molar-refractivity contribution < 1.29 is 29.4 Å². The van der Waals surface area contributed by atoms with E-state index >= 15 is 0 Å². The molecule has 5 atom stereocenters. The van der Waals surface area contributed by atoms with E-state index in [4.69, 9.17) is 5.73 Å². The number of hydrogen-bond donors (Lipinski definition) is 5. The maximum atomic E-state index is 12.9. The third kappa shape index (κ3) is 7.13. The summed E-state index contributed by atoms with van der Waals surface area (Å²) in [5, 5.41) is 24.5. The number of amides is 3. The SMILES string of the molecule is CSCC[C@H](N)C(=O)N[C@H](C(=O)N[C@H](C(=O)N1CCC[C@H]1C(=O)O)[C@@H](C)O)C(C)C. The lowest BCUT2D eigenvalue weighted by Crippen LogP contribution is -2.60. The van der Waals surface area contributed by atoms with Crippen molar-refractivity contribution in [2.45, 2.75) is 70.3 Å². The first-order valence-corrected chi connectivity index (χ1v) is 11.5. The molecule has 0 spiro atoms. The fourth-order valence-electron chi connectivity index (χ4n) is 3.27. The predicted molar refractivity (Wildman–Crippen MR) is 114 cm³/mol. The molecule has 11 heteroatoms. The van der Waals surface area contributed by atoms with Crippen LogP contribution in [0, 0.1) is 5.92 Å². The minimum Gasteiger partial charge on any atom is -0.480 e. The first-order chi connectivity index (χ1) is 14.0.